The van der Waals surface area contributed by atoms with Crippen LogP contribution in [0, 0.1) is 23.2 Å². The molecule has 0 heterocycles. The molecule has 1 amide bonds. The molecule has 90 valence electrons. The first kappa shape index (κ1) is 13.4. The number of rotatable bonds is 4. The minimum absolute atomic E-state index is 0.0859. The fourth-order valence-corrected chi connectivity index (χ4v) is 2.88. The third-order valence-corrected chi connectivity index (χ3v) is 4.25. The van der Waals surface area contributed by atoms with Gasteiger partial charge >= 0.3 is 0 Å². The van der Waals surface area contributed by atoms with Gasteiger partial charge in [-0.05, 0) is 31.4 Å². The lowest BCUT2D eigenvalue weighted by Gasteiger charge is -2.17. The summed E-state index contributed by atoms with van der Waals surface area (Å²) >= 11 is 1.87. The molecule has 0 aromatic rings. The normalized spacial score (nSPS) is 26.4. The van der Waals surface area contributed by atoms with Crippen molar-refractivity contribution < 1.29 is 4.79 Å². The summed E-state index contributed by atoms with van der Waals surface area (Å²) in [5.41, 5.74) is 0. The van der Waals surface area contributed by atoms with Crippen molar-refractivity contribution in [3.8, 4) is 6.07 Å². The van der Waals surface area contributed by atoms with Gasteiger partial charge in [0.1, 0.15) is 5.92 Å². The van der Waals surface area contributed by atoms with Crippen molar-refractivity contribution >= 4 is 17.7 Å². The van der Waals surface area contributed by atoms with Crippen LogP contribution in [0.5, 0.6) is 0 Å². The SMILES string of the molecule is CSC1CCC(NC(=O)C(C#N)C(C)C)C1. The van der Waals surface area contributed by atoms with Crippen LogP contribution in [0.25, 0.3) is 0 Å². The van der Waals surface area contributed by atoms with Crippen LogP contribution in [0.2, 0.25) is 0 Å². The van der Waals surface area contributed by atoms with Crippen LogP contribution in [-0.4, -0.2) is 23.5 Å². The summed E-state index contributed by atoms with van der Waals surface area (Å²) in [5, 5.41) is 12.6. The van der Waals surface area contributed by atoms with E-state index in [0.717, 1.165) is 12.8 Å². The molecule has 0 radical (unpaired) electrons. The number of hydrogen-bond acceptors (Lipinski definition) is 3. The lowest BCUT2D eigenvalue weighted by Crippen LogP contribution is -2.39. The minimum atomic E-state index is -0.506. The Bertz CT molecular complexity index is 285. The summed E-state index contributed by atoms with van der Waals surface area (Å²) in [6.45, 7) is 3.82. The highest BCUT2D eigenvalue weighted by Crippen LogP contribution is 2.28. The molecule has 3 atom stereocenters. The third-order valence-electron chi connectivity index (χ3n) is 3.15. The summed E-state index contributed by atoms with van der Waals surface area (Å²) < 4.78 is 0. The Hall–Kier alpha value is -0.690. The van der Waals surface area contributed by atoms with E-state index in [0.29, 0.717) is 5.25 Å². The average Bonchev–Trinajstić information content (AvgIpc) is 2.65. The summed E-state index contributed by atoms with van der Waals surface area (Å²) in [6, 6.07) is 2.36. The van der Waals surface area contributed by atoms with E-state index in [-0.39, 0.29) is 17.9 Å². The standard InChI is InChI=1S/C12H20N2OS/c1-8(2)11(7-13)12(15)14-9-4-5-10(6-9)16-3/h8-11H,4-6H2,1-3H3,(H,14,15). The molecule has 0 spiro atoms. The van der Waals surface area contributed by atoms with Gasteiger partial charge in [-0.15, -0.1) is 0 Å². The van der Waals surface area contributed by atoms with Crippen molar-refractivity contribution in [2.75, 3.05) is 6.26 Å². The minimum Gasteiger partial charge on any atom is -0.352 e. The molecule has 0 bridgehead atoms. The predicted molar refractivity (Wildman–Crippen MR) is 67.0 cm³/mol. The van der Waals surface area contributed by atoms with E-state index in [1.807, 2.05) is 25.6 Å². The molecule has 1 saturated carbocycles. The molecular weight excluding hydrogens is 220 g/mol. The van der Waals surface area contributed by atoms with Crippen molar-refractivity contribution in [3.63, 3.8) is 0 Å². The van der Waals surface area contributed by atoms with Crippen molar-refractivity contribution in [2.45, 2.75) is 44.4 Å². The van der Waals surface area contributed by atoms with Gasteiger partial charge in [0.05, 0.1) is 6.07 Å². The van der Waals surface area contributed by atoms with E-state index in [9.17, 15) is 4.79 Å². The van der Waals surface area contributed by atoms with Gasteiger partial charge < -0.3 is 5.32 Å². The van der Waals surface area contributed by atoms with E-state index in [2.05, 4.69) is 17.6 Å². The number of nitrogens with zero attached hydrogens (tertiary/aromatic N) is 1. The Morgan fingerprint density at radius 3 is 2.62 bits per heavy atom. The first-order valence-corrected chi connectivity index (χ1v) is 7.10. The Kier molecular flexibility index (Phi) is 5.14. The Labute approximate surface area is 102 Å². The van der Waals surface area contributed by atoms with E-state index in [1.165, 1.54) is 6.42 Å². The number of amides is 1. The molecule has 0 aromatic carbocycles. The van der Waals surface area contributed by atoms with Crippen molar-refractivity contribution in [3.05, 3.63) is 0 Å². The van der Waals surface area contributed by atoms with E-state index < -0.39 is 5.92 Å². The van der Waals surface area contributed by atoms with Crippen LogP contribution in [0.4, 0.5) is 0 Å². The average molecular weight is 240 g/mol. The molecule has 3 nitrogen and oxygen atoms in total. The van der Waals surface area contributed by atoms with Crippen LogP contribution in [0.15, 0.2) is 0 Å². The van der Waals surface area contributed by atoms with Crippen LogP contribution < -0.4 is 5.32 Å². The van der Waals surface area contributed by atoms with Crippen molar-refractivity contribution in [1.82, 2.24) is 5.32 Å². The molecule has 1 aliphatic rings. The molecular formula is C12H20N2OS. The van der Waals surface area contributed by atoms with Crippen molar-refractivity contribution in [1.29, 1.82) is 5.26 Å². The second-order valence-electron chi connectivity index (χ2n) is 4.73. The lowest BCUT2D eigenvalue weighted by atomic mass is 9.96. The highest BCUT2D eigenvalue weighted by molar-refractivity contribution is 7.99. The zero-order chi connectivity index (χ0) is 12.1. The van der Waals surface area contributed by atoms with Gasteiger partial charge in [-0.2, -0.15) is 17.0 Å². The molecule has 1 aliphatic carbocycles. The maximum absolute atomic E-state index is 11.8. The molecule has 0 aromatic heterocycles. The molecule has 1 rings (SSSR count). The Morgan fingerprint density at radius 2 is 2.19 bits per heavy atom. The Morgan fingerprint density at radius 1 is 1.50 bits per heavy atom. The van der Waals surface area contributed by atoms with Crippen LogP contribution in [-0.2, 0) is 4.79 Å². The maximum Gasteiger partial charge on any atom is 0.237 e. The highest BCUT2D eigenvalue weighted by atomic mass is 32.2. The van der Waals surface area contributed by atoms with Gasteiger partial charge in [-0.3, -0.25) is 4.79 Å². The molecule has 1 fully saturated rings. The van der Waals surface area contributed by atoms with E-state index >= 15 is 0 Å². The zero-order valence-electron chi connectivity index (χ0n) is 10.2. The second-order valence-corrected chi connectivity index (χ2v) is 5.87. The highest BCUT2D eigenvalue weighted by Gasteiger charge is 2.28. The van der Waals surface area contributed by atoms with Crippen LogP contribution in [0.3, 0.4) is 0 Å². The largest absolute Gasteiger partial charge is 0.352 e. The summed E-state index contributed by atoms with van der Waals surface area (Å²) in [7, 11) is 0. The van der Waals surface area contributed by atoms with E-state index in [1.54, 1.807) is 0 Å². The molecule has 16 heavy (non-hydrogen) atoms. The van der Waals surface area contributed by atoms with Gasteiger partial charge in [0.25, 0.3) is 0 Å². The van der Waals surface area contributed by atoms with Crippen LogP contribution in [0.1, 0.15) is 33.1 Å². The quantitative estimate of drug-likeness (QED) is 0.819. The number of hydrogen-bond donors (Lipinski definition) is 1. The molecule has 1 N–H and O–H groups in total. The first-order chi connectivity index (χ1) is 7.58. The summed E-state index contributed by atoms with van der Waals surface area (Å²) in [6.07, 6.45) is 5.38. The number of carbonyl (C=O) groups is 1. The number of nitrogens with one attached hydrogen (secondary N) is 1. The maximum atomic E-state index is 11.8. The lowest BCUT2D eigenvalue weighted by molar-refractivity contribution is -0.125. The molecule has 4 heteroatoms. The summed E-state index contributed by atoms with van der Waals surface area (Å²) in [4.78, 5) is 11.8. The van der Waals surface area contributed by atoms with Gasteiger partial charge in [0.2, 0.25) is 5.91 Å². The van der Waals surface area contributed by atoms with Gasteiger partial charge in [0.15, 0.2) is 0 Å². The van der Waals surface area contributed by atoms with E-state index in [4.69, 9.17) is 5.26 Å². The Balaban J connectivity index is 2.43. The monoisotopic (exact) mass is 240 g/mol. The first-order valence-electron chi connectivity index (χ1n) is 5.81. The van der Waals surface area contributed by atoms with Crippen molar-refractivity contribution in [2.24, 2.45) is 11.8 Å². The van der Waals surface area contributed by atoms with Gasteiger partial charge in [-0.1, -0.05) is 13.8 Å². The molecule has 3 unspecified atom stereocenters. The topological polar surface area (TPSA) is 52.9 Å². The second kappa shape index (κ2) is 6.15. The van der Waals surface area contributed by atoms with Crippen LogP contribution >= 0.6 is 11.8 Å². The van der Waals surface area contributed by atoms with Gasteiger partial charge in [-0.25, -0.2) is 0 Å². The fourth-order valence-electron chi connectivity index (χ4n) is 2.09. The smallest absolute Gasteiger partial charge is 0.237 e. The van der Waals surface area contributed by atoms with Gasteiger partial charge in [0, 0.05) is 11.3 Å². The number of nitriles is 1. The zero-order valence-corrected chi connectivity index (χ0v) is 11.0. The number of thioether (sulfide) groups is 1. The third kappa shape index (κ3) is 3.41. The number of carbonyl (C=O) groups excluding carboxylic acids is 1. The summed E-state index contributed by atoms with van der Waals surface area (Å²) in [5.74, 6) is -0.514. The fraction of sp³-hybridized carbons (Fsp3) is 0.833. The molecule has 0 aliphatic heterocycles. The predicted octanol–water partition coefficient (Wildman–Crippen LogP) is 2.18. The molecule has 0 saturated heterocycles.